The third kappa shape index (κ3) is 0.969. The number of rotatable bonds is 0. The largest absolute Gasteiger partial charge is 0.392 e. The van der Waals surface area contributed by atoms with Crippen LogP contribution in [0.5, 0.6) is 0 Å². The molecule has 2 aliphatic rings. The number of hydrogen-bond donors (Lipinski definition) is 1. The quantitative estimate of drug-likeness (QED) is 0.604. The second-order valence-electron chi connectivity index (χ2n) is 5.13. The van der Waals surface area contributed by atoms with E-state index >= 15 is 0 Å². The SMILES string of the molecule is CC(C)=C1C=CC2C1C(O)C2(C)C. The highest BCUT2D eigenvalue weighted by atomic mass is 16.3. The first-order valence-electron chi connectivity index (χ1n) is 5.00. The van der Waals surface area contributed by atoms with E-state index in [0.717, 1.165) is 0 Å². The van der Waals surface area contributed by atoms with Crippen LogP contribution in [0, 0.1) is 17.3 Å². The normalized spacial score (nSPS) is 40.1. The van der Waals surface area contributed by atoms with E-state index in [4.69, 9.17) is 0 Å². The Morgan fingerprint density at radius 3 is 2.54 bits per heavy atom. The van der Waals surface area contributed by atoms with E-state index in [2.05, 4.69) is 39.8 Å². The van der Waals surface area contributed by atoms with Gasteiger partial charge in [0.05, 0.1) is 6.10 Å². The fourth-order valence-electron chi connectivity index (χ4n) is 2.75. The Morgan fingerprint density at radius 2 is 2.00 bits per heavy atom. The lowest BCUT2D eigenvalue weighted by atomic mass is 9.53. The first-order valence-corrected chi connectivity index (χ1v) is 5.00. The van der Waals surface area contributed by atoms with E-state index < -0.39 is 0 Å². The molecule has 1 saturated carbocycles. The Morgan fingerprint density at radius 1 is 1.38 bits per heavy atom. The molecule has 2 rings (SSSR count). The number of aliphatic hydroxyl groups excluding tert-OH is 1. The summed E-state index contributed by atoms with van der Waals surface area (Å²) in [4.78, 5) is 0. The third-order valence-corrected chi connectivity index (χ3v) is 3.77. The van der Waals surface area contributed by atoms with Crippen molar-refractivity contribution in [3.8, 4) is 0 Å². The third-order valence-electron chi connectivity index (χ3n) is 3.77. The second kappa shape index (κ2) is 2.48. The van der Waals surface area contributed by atoms with Gasteiger partial charge in [0.1, 0.15) is 0 Å². The van der Waals surface area contributed by atoms with Crippen LogP contribution in [0.15, 0.2) is 23.3 Å². The molecule has 0 spiro atoms. The van der Waals surface area contributed by atoms with E-state index in [9.17, 15) is 5.11 Å². The van der Waals surface area contributed by atoms with Crippen molar-refractivity contribution in [1.29, 1.82) is 0 Å². The van der Waals surface area contributed by atoms with Gasteiger partial charge in [-0.2, -0.15) is 0 Å². The van der Waals surface area contributed by atoms with E-state index in [1.807, 2.05) is 0 Å². The average molecular weight is 178 g/mol. The molecule has 0 aromatic rings. The molecule has 0 aromatic carbocycles. The van der Waals surface area contributed by atoms with Crippen LogP contribution >= 0.6 is 0 Å². The van der Waals surface area contributed by atoms with Crippen molar-refractivity contribution in [2.75, 3.05) is 0 Å². The maximum absolute atomic E-state index is 9.99. The highest BCUT2D eigenvalue weighted by Gasteiger charge is 2.57. The molecule has 0 saturated heterocycles. The maximum Gasteiger partial charge on any atom is 0.0671 e. The molecule has 2 aliphatic carbocycles. The van der Waals surface area contributed by atoms with Gasteiger partial charge in [-0.1, -0.05) is 31.6 Å². The molecule has 3 unspecified atom stereocenters. The summed E-state index contributed by atoms with van der Waals surface area (Å²) in [7, 11) is 0. The summed E-state index contributed by atoms with van der Waals surface area (Å²) in [6, 6.07) is 0. The summed E-state index contributed by atoms with van der Waals surface area (Å²) in [5, 5.41) is 9.99. The summed E-state index contributed by atoms with van der Waals surface area (Å²) in [5.74, 6) is 0.951. The lowest BCUT2D eigenvalue weighted by Crippen LogP contribution is -2.55. The van der Waals surface area contributed by atoms with Crippen LogP contribution in [0.3, 0.4) is 0 Å². The van der Waals surface area contributed by atoms with Gasteiger partial charge in [-0.15, -0.1) is 0 Å². The zero-order chi connectivity index (χ0) is 9.80. The second-order valence-corrected chi connectivity index (χ2v) is 5.13. The lowest BCUT2D eigenvalue weighted by Gasteiger charge is -2.53. The Labute approximate surface area is 80.2 Å². The first kappa shape index (κ1) is 9.01. The molecule has 1 fully saturated rings. The molecule has 0 aliphatic heterocycles. The number of hydrogen-bond acceptors (Lipinski definition) is 1. The molecule has 13 heavy (non-hydrogen) atoms. The highest BCUT2D eigenvalue weighted by molar-refractivity contribution is 5.40. The summed E-state index contributed by atoms with van der Waals surface area (Å²) >= 11 is 0. The van der Waals surface area contributed by atoms with Crippen LogP contribution in [-0.4, -0.2) is 11.2 Å². The first-order chi connectivity index (χ1) is 5.96. The van der Waals surface area contributed by atoms with E-state index in [-0.39, 0.29) is 11.5 Å². The minimum absolute atomic E-state index is 0.0817. The van der Waals surface area contributed by atoms with Crippen LogP contribution in [0.4, 0.5) is 0 Å². The Balaban J connectivity index is 2.32. The van der Waals surface area contributed by atoms with Crippen LogP contribution < -0.4 is 0 Å². The van der Waals surface area contributed by atoms with Crippen molar-refractivity contribution in [3.63, 3.8) is 0 Å². The van der Waals surface area contributed by atoms with Gasteiger partial charge < -0.3 is 5.11 Å². The molecule has 3 atom stereocenters. The number of aliphatic hydroxyl groups is 1. The van der Waals surface area contributed by atoms with Gasteiger partial charge in [-0.05, 0) is 30.8 Å². The van der Waals surface area contributed by atoms with Crippen LogP contribution in [0.25, 0.3) is 0 Å². The molecule has 0 aromatic heterocycles. The van der Waals surface area contributed by atoms with E-state index in [0.29, 0.717) is 11.8 Å². The van der Waals surface area contributed by atoms with Crippen LogP contribution in [0.1, 0.15) is 27.7 Å². The van der Waals surface area contributed by atoms with Crippen molar-refractivity contribution in [3.05, 3.63) is 23.3 Å². The molecule has 72 valence electrons. The number of allylic oxidation sites excluding steroid dienone is 3. The molecule has 0 radical (unpaired) electrons. The lowest BCUT2D eigenvalue weighted by molar-refractivity contribution is -0.117. The predicted octanol–water partition coefficient (Wildman–Crippen LogP) is 2.53. The molecule has 0 heterocycles. The van der Waals surface area contributed by atoms with Crippen molar-refractivity contribution >= 4 is 0 Å². The molecule has 0 bridgehead atoms. The summed E-state index contributed by atoms with van der Waals surface area (Å²) in [6.07, 6.45) is 4.31. The van der Waals surface area contributed by atoms with Gasteiger partial charge in [0.2, 0.25) is 0 Å². The summed E-state index contributed by atoms with van der Waals surface area (Å²) in [5.41, 5.74) is 2.79. The van der Waals surface area contributed by atoms with Crippen molar-refractivity contribution in [2.45, 2.75) is 33.8 Å². The molecule has 1 heteroatoms. The van der Waals surface area contributed by atoms with Gasteiger partial charge in [0.15, 0.2) is 0 Å². The standard InChI is InChI=1S/C12H18O/c1-7(2)8-5-6-9-10(8)11(13)12(9,3)4/h5-6,9-11,13H,1-4H3. The maximum atomic E-state index is 9.99. The molecule has 0 amide bonds. The predicted molar refractivity (Wildman–Crippen MR) is 54.3 cm³/mol. The Kier molecular flexibility index (Phi) is 1.72. The average Bonchev–Trinajstić information content (AvgIpc) is 2.45. The topological polar surface area (TPSA) is 20.2 Å². The van der Waals surface area contributed by atoms with Gasteiger partial charge in [0.25, 0.3) is 0 Å². The van der Waals surface area contributed by atoms with Gasteiger partial charge in [0, 0.05) is 5.92 Å². The number of fused-ring (bicyclic) bond motifs is 1. The van der Waals surface area contributed by atoms with Gasteiger partial charge in [-0.25, -0.2) is 0 Å². The molecule has 1 nitrogen and oxygen atoms in total. The van der Waals surface area contributed by atoms with Crippen LogP contribution in [-0.2, 0) is 0 Å². The zero-order valence-electron chi connectivity index (χ0n) is 8.83. The summed E-state index contributed by atoms with van der Waals surface area (Å²) < 4.78 is 0. The monoisotopic (exact) mass is 178 g/mol. The molecular formula is C12H18O. The molecular weight excluding hydrogens is 160 g/mol. The van der Waals surface area contributed by atoms with Crippen molar-refractivity contribution in [1.82, 2.24) is 0 Å². The van der Waals surface area contributed by atoms with Gasteiger partial charge in [-0.3, -0.25) is 0 Å². The minimum Gasteiger partial charge on any atom is -0.392 e. The minimum atomic E-state index is -0.155. The summed E-state index contributed by atoms with van der Waals surface area (Å²) in [6.45, 7) is 8.55. The Bertz CT molecular complexity index is 292. The van der Waals surface area contributed by atoms with Gasteiger partial charge >= 0.3 is 0 Å². The van der Waals surface area contributed by atoms with E-state index in [1.54, 1.807) is 0 Å². The fraction of sp³-hybridized carbons (Fsp3) is 0.667. The fourth-order valence-corrected chi connectivity index (χ4v) is 2.75. The highest BCUT2D eigenvalue weighted by Crippen LogP contribution is 2.58. The smallest absolute Gasteiger partial charge is 0.0671 e. The van der Waals surface area contributed by atoms with Crippen LogP contribution in [0.2, 0.25) is 0 Å². The van der Waals surface area contributed by atoms with E-state index in [1.165, 1.54) is 11.1 Å². The van der Waals surface area contributed by atoms with Crippen molar-refractivity contribution < 1.29 is 5.11 Å². The Hall–Kier alpha value is -0.560. The molecule has 1 N–H and O–H groups in total. The zero-order valence-corrected chi connectivity index (χ0v) is 8.83. The van der Waals surface area contributed by atoms with Crippen molar-refractivity contribution in [2.24, 2.45) is 17.3 Å².